The predicted octanol–water partition coefficient (Wildman–Crippen LogP) is 1.13. The molecule has 1 aliphatic heterocycles. The predicted molar refractivity (Wildman–Crippen MR) is 82.6 cm³/mol. The number of aromatic nitrogens is 2. The van der Waals surface area contributed by atoms with E-state index in [1.165, 1.54) is 0 Å². The fraction of sp³-hybridized carbons (Fsp3) is 0.375. The number of carbonyl (C=O) groups excluding carboxylic acids is 1. The summed E-state index contributed by atoms with van der Waals surface area (Å²) in [4.78, 5) is 14.6. The Kier molecular flexibility index (Phi) is 4.39. The van der Waals surface area contributed by atoms with E-state index < -0.39 is 0 Å². The molecule has 0 bridgehead atoms. The average Bonchev–Trinajstić information content (AvgIpc) is 3.07. The molecule has 1 atom stereocenters. The van der Waals surface area contributed by atoms with Gasteiger partial charge in [-0.05, 0) is 12.1 Å². The quantitative estimate of drug-likeness (QED) is 0.888. The zero-order chi connectivity index (χ0) is 15.4. The van der Waals surface area contributed by atoms with Crippen molar-refractivity contribution >= 4 is 5.91 Å². The van der Waals surface area contributed by atoms with E-state index in [0.29, 0.717) is 13.0 Å². The molecule has 1 amide bonds. The minimum absolute atomic E-state index is 0.0136. The van der Waals surface area contributed by atoms with Gasteiger partial charge in [-0.2, -0.15) is 5.10 Å². The van der Waals surface area contributed by atoms with Gasteiger partial charge < -0.3 is 15.0 Å². The number of carbonyl (C=O) groups is 1. The van der Waals surface area contributed by atoms with E-state index >= 15 is 0 Å². The van der Waals surface area contributed by atoms with E-state index in [-0.39, 0.29) is 11.9 Å². The molecule has 1 aliphatic rings. The normalized spacial score (nSPS) is 18.2. The molecule has 1 aromatic carbocycles. The molecule has 1 unspecified atom stereocenters. The molecule has 22 heavy (non-hydrogen) atoms. The summed E-state index contributed by atoms with van der Waals surface area (Å²) < 4.78 is 5.45. The molecule has 116 valence electrons. The zero-order valence-electron chi connectivity index (χ0n) is 12.6. The first-order valence-corrected chi connectivity index (χ1v) is 7.41. The van der Waals surface area contributed by atoms with Crippen LogP contribution >= 0.6 is 0 Å². The summed E-state index contributed by atoms with van der Waals surface area (Å²) in [5.41, 5.74) is 1.87. The summed E-state index contributed by atoms with van der Waals surface area (Å²) in [7, 11) is 1.66. The van der Waals surface area contributed by atoms with Crippen LogP contribution in [0, 0.1) is 0 Å². The van der Waals surface area contributed by atoms with Crippen LogP contribution in [0.4, 0.5) is 0 Å². The highest BCUT2D eigenvalue weighted by atomic mass is 16.5. The number of nitrogens with one attached hydrogen (secondary N) is 2. The summed E-state index contributed by atoms with van der Waals surface area (Å²) in [5.74, 6) is 0.914. The smallest absolute Gasteiger partial charge is 0.229 e. The Bertz CT molecular complexity index is 627. The van der Waals surface area contributed by atoms with Gasteiger partial charge in [0.25, 0.3) is 0 Å². The largest absolute Gasteiger partial charge is 0.496 e. The first-order chi connectivity index (χ1) is 10.8. The van der Waals surface area contributed by atoms with E-state index in [9.17, 15) is 4.79 Å². The van der Waals surface area contributed by atoms with E-state index in [4.69, 9.17) is 4.74 Å². The number of hydrogen-bond donors (Lipinski definition) is 2. The Morgan fingerprint density at radius 3 is 3.05 bits per heavy atom. The van der Waals surface area contributed by atoms with E-state index in [0.717, 1.165) is 30.1 Å². The molecule has 6 heteroatoms. The Labute approximate surface area is 129 Å². The van der Waals surface area contributed by atoms with Crippen molar-refractivity contribution in [1.29, 1.82) is 0 Å². The Morgan fingerprint density at radius 1 is 1.41 bits per heavy atom. The summed E-state index contributed by atoms with van der Waals surface area (Å²) in [6.45, 7) is 2.23. The Morgan fingerprint density at radius 2 is 2.27 bits per heavy atom. The van der Waals surface area contributed by atoms with Crippen LogP contribution in [0.5, 0.6) is 5.75 Å². The monoisotopic (exact) mass is 300 g/mol. The number of ether oxygens (including phenoxy) is 1. The van der Waals surface area contributed by atoms with Gasteiger partial charge in [0.1, 0.15) is 5.75 Å². The summed E-state index contributed by atoms with van der Waals surface area (Å²) in [5, 5.41) is 10.1. The van der Waals surface area contributed by atoms with Crippen LogP contribution in [-0.2, 0) is 11.2 Å². The number of aromatic amines is 1. The van der Waals surface area contributed by atoms with Crippen molar-refractivity contribution in [3.8, 4) is 5.75 Å². The standard InChI is InChI=1S/C16H20N4O2/c1-22-15-5-3-2-4-13(15)14-11-17-8-9-20(14)16(21)10-12-6-7-18-19-12/h2-7,14,17H,8-11H2,1H3,(H,18,19). The third kappa shape index (κ3) is 2.96. The minimum atomic E-state index is -0.0136. The molecule has 2 aromatic rings. The molecule has 1 saturated heterocycles. The van der Waals surface area contributed by atoms with Gasteiger partial charge in [-0.3, -0.25) is 9.89 Å². The zero-order valence-corrected chi connectivity index (χ0v) is 12.6. The number of rotatable bonds is 4. The molecule has 0 saturated carbocycles. The number of H-pyrrole nitrogens is 1. The van der Waals surface area contributed by atoms with Crippen molar-refractivity contribution in [2.24, 2.45) is 0 Å². The van der Waals surface area contributed by atoms with Crippen molar-refractivity contribution in [3.63, 3.8) is 0 Å². The van der Waals surface area contributed by atoms with Gasteiger partial charge >= 0.3 is 0 Å². The first-order valence-electron chi connectivity index (χ1n) is 7.41. The fourth-order valence-corrected chi connectivity index (χ4v) is 2.87. The number of piperazine rings is 1. The van der Waals surface area contributed by atoms with Crippen LogP contribution in [0.2, 0.25) is 0 Å². The molecular weight excluding hydrogens is 280 g/mol. The maximum atomic E-state index is 12.7. The third-order valence-electron chi connectivity index (χ3n) is 3.96. The molecule has 1 fully saturated rings. The second-order valence-electron chi connectivity index (χ2n) is 5.31. The van der Waals surface area contributed by atoms with E-state index in [2.05, 4.69) is 15.5 Å². The van der Waals surface area contributed by atoms with Crippen molar-refractivity contribution < 1.29 is 9.53 Å². The Balaban J connectivity index is 1.83. The number of nitrogens with zero attached hydrogens (tertiary/aromatic N) is 2. The molecule has 0 spiro atoms. The van der Waals surface area contributed by atoms with Crippen LogP contribution in [-0.4, -0.2) is 47.7 Å². The summed E-state index contributed by atoms with van der Waals surface area (Å²) in [6, 6.07) is 9.69. The van der Waals surface area contributed by atoms with Crippen molar-refractivity contribution in [3.05, 3.63) is 47.8 Å². The highest BCUT2D eigenvalue weighted by molar-refractivity contribution is 5.79. The maximum Gasteiger partial charge on any atom is 0.229 e. The van der Waals surface area contributed by atoms with Gasteiger partial charge in [0, 0.05) is 37.1 Å². The SMILES string of the molecule is COc1ccccc1C1CNCCN1C(=O)Cc1ccn[nH]1. The van der Waals surface area contributed by atoms with Crippen LogP contribution in [0.1, 0.15) is 17.3 Å². The van der Waals surface area contributed by atoms with Crippen LogP contribution < -0.4 is 10.1 Å². The van der Waals surface area contributed by atoms with Gasteiger partial charge in [0.2, 0.25) is 5.91 Å². The number of hydrogen-bond acceptors (Lipinski definition) is 4. The molecule has 2 N–H and O–H groups in total. The lowest BCUT2D eigenvalue weighted by molar-refractivity contribution is -0.133. The molecule has 3 rings (SSSR count). The molecule has 0 radical (unpaired) electrons. The summed E-state index contributed by atoms with van der Waals surface area (Å²) >= 11 is 0. The van der Waals surface area contributed by atoms with Crippen molar-refractivity contribution in [2.45, 2.75) is 12.5 Å². The number of methoxy groups -OCH3 is 1. The highest BCUT2D eigenvalue weighted by Crippen LogP contribution is 2.30. The third-order valence-corrected chi connectivity index (χ3v) is 3.96. The second kappa shape index (κ2) is 6.62. The van der Waals surface area contributed by atoms with Gasteiger partial charge in [-0.25, -0.2) is 0 Å². The van der Waals surface area contributed by atoms with Gasteiger partial charge in [-0.15, -0.1) is 0 Å². The fourth-order valence-electron chi connectivity index (χ4n) is 2.87. The minimum Gasteiger partial charge on any atom is -0.496 e. The molecule has 0 aliphatic carbocycles. The lowest BCUT2D eigenvalue weighted by Gasteiger charge is -2.37. The lowest BCUT2D eigenvalue weighted by Crippen LogP contribution is -2.49. The van der Waals surface area contributed by atoms with Crippen LogP contribution in [0.3, 0.4) is 0 Å². The highest BCUT2D eigenvalue weighted by Gasteiger charge is 2.29. The first kappa shape index (κ1) is 14.6. The molecular formula is C16H20N4O2. The molecule has 6 nitrogen and oxygen atoms in total. The topological polar surface area (TPSA) is 70.2 Å². The van der Waals surface area contributed by atoms with Crippen molar-refractivity contribution in [1.82, 2.24) is 20.4 Å². The van der Waals surface area contributed by atoms with Gasteiger partial charge in [0.15, 0.2) is 0 Å². The van der Waals surface area contributed by atoms with E-state index in [1.807, 2.05) is 35.2 Å². The molecule has 2 heterocycles. The Hall–Kier alpha value is -2.34. The molecule has 1 aromatic heterocycles. The number of benzene rings is 1. The number of para-hydroxylation sites is 1. The lowest BCUT2D eigenvalue weighted by atomic mass is 10.0. The van der Waals surface area contributed by atoms with Crippen LogP contribution in [0.15, 0.2) is 36.5 Å². The van der Waals surface area contributed by atoms with E-state index in [1.54, 1.807) is 13.3 Å². The van der Waals surface area contributed by atoms with Crippen molar-refractivity contribution in [2.75, 3.05) is 26.7 Å². The van der Waals surface area contributed by atoms with Crippen LogP contribution in [0.25, 0.3) is 0 Å². The summed E-state index contributed by atoms with van der Waals surface area (Å²) in [6.07, 6.45) is 2.00. The van der Waals surface area contributed by atoms with Gasteiger partial charge in [0.05, 0.1) is 19.6 Å². The van der Waals surface area contributed by atoms with Gasteiger partial charge in [-0.1, -0.05) is 18.2 Å². The maximum absolute atomic E-state index is 12.7. The number of amides is 1. The average molecular weight is 300 g/mol. The second-order valence-corrected chi connectivity index (χ2v) is 5.31.